The van der Waals surface area contributed by atoms with Gasteiger partial charge in [0.15, 0.2) is 0 Å². The summed E-state index contributed by atoms with van der Waals surface area (Å²) in [5.74, 6) is 0.789. The minimum absolute atomic E-state index is 0.222. The molecule has 1 N–H and O–H groups in total. The van der Waals surface area contributed by atoms with E-state index in [1.807, 2.05) is 0 Å². The van der Waals surface area contributed by atoms with Gasteiger partial charge in [0.25, 0.3) is 0 Å². The third-order valence-corrected chi connectivity index (χ3v) is 3.01. The SMILES string of the molecule is CCC1CNc2cc(Cl)c(Cl)cc2O1. The number of fused-ring (bicyclic) bond motifs is 1. The molecule has 2 nitrogen and oxygen atoms in total. The van der Waals surface area contributed by atoms with Crippen LogP contribution in [-0.4, -0.2) is 12.6 Å². The van der Waals surface area contributed by atoms with Gasteiger partial charge in [-0.1, -0.05) is 30.1 Å². The molecule has 1 unspecified atom stereocenters. The van der Waals surface area contributed by atoms with Crippen LogP contribution in [0.15, 0.2) is 12.1 Å². The van der Waals surface area contributed by atoms with Crippen molar-refractivity contribution in [2.75, 3.05) is 11.9 Å². The van der Waals surface area contributed by atoms with E-state index in [0.29, 0.717) is 10.0 Å². The Labute approximate surface area is 93.2 Å². The second-order valence-electron chi connectivity index (χ2n) is 3.29. The minimum atomic E-state index is 0.222. The van der Waals surface area contributed by atoms with E-state index in [0.717, 1.165) is 24.4 Å². The third kappa shape index (κ3) is 1.77. The fraction of sp³-hybridized carbons (Fsp3) is 0.400. The first-order valence-electron chi connectivity index (χ1n) is 4.60. The number of ether oxygens (including phenoxy) is 1. The summed E-state index contributed by atoms with van der Waals surface area (Å²) in [6.45, 7) is 2.91. The van der Waals surface area contributed by atoms with E-state index in [1.54, 1.807) is 12.1 Å². The predicted octanol–water partition coefficient (Wildman–Crippen LogP) is 3.58. The molecule has 76 valence electrons. The molecule has 0 fully saturated rings. The first-order chi connectivity index (χ1) is 6.70. The standard InChI is InChI=1S/C10H11Cl2NO/c1-2-6-5-13-9-3-7(11)8(12)4-10(9)14-6/h3-4,6,13H,2,5H2,1H3. The lowest BCUT2D eigenvalue weighted by Crippen LogP contribution is -2.29. The van der Waals surface area contributed by atoms with Crippen LogP contribution in [0.3, 0.4) is 0 Å². The van der Waals surface area contributed by atoms with E-state index in [9.17, 15) is 0 Å². The maximum absolute atomic E-state index is 5.90. The molecule has 0 spiro atoms. The van der Waals surface area contributed by atoms with Gasteiger partial charge in [0.05, 0.1) is 22.3 Å². The van der Waals surface area contributed by atoms with E-state index in [-0.39, 0.29) is 6.10 Å². The molecule has 1 aliphatic rings. The molecule has 0 saturated heterocycles. The number of anilines is 1. The zero-order chi connectivity index (χ0) is 10.1. The van der Waals surface area contributed by atoms with E-state index < -0.39 is 0 Å². The molecule has 0 aromatic heterocycles. The molecule has 1 aliphatic heterocycles. The Morgan fingerprint density at radius 1 is 1.43 bits per heavy atom. The number of hydrogen-bond acceptors (Lipinski definition) is 2. The maximum Gasteiger partial charge on any atom is 0.144 e. The van der Waals surface area contributed by atoms with Gasteiger partial charge in [0.1, 0.15) is 11.9 Å². The van der Waals surface area contributed by atoms with Crippen molar-refractivity contribution in [2.45, 2.75) is 19.4 Å². The lowest BCUT2D eigenvalue weighted by Gasteiger charge is -2.26. The average Bonchev–Trinajstić information content (AvgIpc) is 2.19. The Morgan fingerprint density at radius 3 is 2.86 bits per heavy atom. The van der Waals surface area contributed by atoms with E-state index in [1.165, 1.54) is 0 Å². The number of rotatable bonds is 1. The van der Waals surface area contributed by atoms with Crippen LogP contribution in [0.25, 0.3) is 0 Å². The van der Waals surface area contributed by atoms with Gasteiger partial charge in [0, 0.05) is 6.07 Å². The number of benzene rings is 1. The van der Waals surface area contributed by atoms with Crippen LogP contribution >= 0.6 is 23.2 Å². The van der Waals surface area contributed by atoms with Gasteiger partial charge in [0.2, 0.25) is 0 Å². The van der Waals surface area contributed by atoms with Crippen molar-refractivity contribution in [3.63, 3.8) is 0 Å². The molecule has 0 radical (unpaired) electrons. The predicted molar refractivity (Wildman–Crippen MR) is 59.7 cm³/mol. The van der Waals surface area contributed by atoms with Crippen LogP contribution in [0, 0.1) is 0 Å². The Kier molecular flexibility index (Phi) is 2.75. The fourth-order valence-electron chi connectivity index (χ4n) is 1.44. The molecule has 14 heavy (non-hydrogen) atoms. The van der Waals surface area contributed by atoms with Crippen LogP contribution in [0.1, 0.15) is 13.3 Å². The maximum atomic E-state index is 5.90. The summed E-state index contributed by atoms with van der Waals surface area (Å²) in [7, 11) is 0. The van der Waals surface area contributed by atoms with Gasteiger partial charge >= 0.3 is 0 Å². The van der Waals surface area contributed by atoms with Crippen LogP contribution in [-0.2, 0) is 0 Å². The largest absolute Gasteiger partial charge is 0.486 e. The Hall–Kier alpha value is -0.600. The highest BCUT2D eigenvalue weighted by atomic mass is 35.5. The van der Waals surface area contributed by atoms with Gasteiger partial charge in [-0.3, -0.25) is 0 Å². The molecule has 4 heteroatoms. The first kappa shape index (κ1) is 9.94. The summed E-state index contributed by atoms with van der Waals surface area (Å²) in [6, 6.07) is 3.55. The summed E-state index contributed by atoms with van der Waals surface area (Å²) in [4.78, 5) is 0. The second-order valence-corrected chi connectivity index (χ2v) is 4.11. The molecule has 1 aromatic carbocycles. The van der Waals surface area contributed by atoms with Crippen molar-refractivity contribution < 1.29 is 4.74 Å². The second kappa shape index (κ2) is 3.87. The van der Waals surface area contributed by atoms with E-state index in [4.69, 9.17) is 27.9 Å². The fourth-order valence-corrected chi connectivity index (χ4v) is 1.75. The van der Waals surface area contributed by atoms with Crippen molar-refractivity contribution in [3.05, 3.63) is 22.2 Å². The average molecular weight is 232 g/mol. The number of halogens is 2. The summed E-state index contributed by atoms with van der Waals surface area (Å²) in [5.41, 5.74) is 0.920. The highest BCUT2D eigenvalue weighted by Crippen LogP contribution is 2.36. The molecule has 1 heterocycles. The first-order valence-corrected chi connectivity index (χ1v) is 5.36. The molecule has 0 saturated carbocycles. The molecule has 0 bridgehead atoms. The molecule has 0 amide bonds. The lowest BCUT2D eigenvalue weighted by molar-refractivity contribution is 0.202. The molecule has 2 rings (SSSR count). The monoisotopic (exact) mass is 231 g/mol. The molecule has 1 atom stereocenters. The summed E-state index contributed by atoms with van der Waals surface area (Å²) in [5, 5.41) is 4.35. The Balaban J connectivity index is 2.33. The minimum Gasteiger partial charge on any atom is -0.486 e. The van der Waals surface area contributed by atoms with Crippen molar-refractivity contribution in [1.82, 2.24) is 0 Å². The third-order valence-electron chi connectivity index (χ3n) is 2.29. The molecule has 1 aromatic rings. The lowest BCUT2D eigenvalue weighted by atomic mass is 10.2. The van der Waals surface area contributed by atoms with Gasteiger partial charge in [-0.2, -0.15) is 0 Å². The van der Waals surface area contributed by atoms with Crippen LogP contribution in [0.4, 0.5) is 5.69 Å². The number of hydrogen-bond donors (Lipinski definition) is 1. The van der Waals surface area contributed by atoms with Crippen molar-refractivity contribution >= 4 is 28.9 Å². The normalized spacial score (nSPS) is 19.5. The van der Waals surface area contributed by atoms with Gasteiger partial charge in [-0.25, -0.2) is 0 Å². The van der Waals surface area contributed by atoms with Gasteiger partial charge in [-0.15, -0.1) is 0 Å². The molecule has 0 aliphatic carbocycles. The quantitative estimate of drug-likeness (QED) is 0.798. The summed E-state index contributed by atoms with van der Waals surface area (Å²) >= 11 is 11.8. The topological polar surface area (TPSA) is 21.3 Å². The van der Waals surface area contributed by atoms with Gasteiger partial charge < -0.3 is 10.1 Å². The van der Waals surface area contributed by atoms with Crippen molar-refractivity contribution in [1.29, 1.82) is 0 Å². The molecular formula is C10H11Cl2NO. The van der Waals surface area contributed by atoms with Crippen LogP contribution in [0.5, 0.6) is 5.75 Å². The van der Waals surface area contributed by atoms with Crippen molar-refractivity contribution in [3.8, 4) is 5.75 Å². The van der Waals surface area contributed by atoms with E-state index >= 15 is 0 Å². The Morgan fingerprint density at radius 2 is 2.14 bits per heavy atom. The summed E-state index contributed by atoms with van der Waals surface area (Å²) < 4.78 is 5.71. The van der Waals surface area contributed by atoms with E-state index in [2.05, 4.69) is 12.2 Å². The zero-order valence-electron chi connectivity index (χ0n) is 7.81. The van der Waals surface area contributed by atoms with Crippen LogP contribution in [0.2, 0.25) is 10.0 Å². The molecular weight excluding hydrogens is 221 g/mol. The van der Waals surface area contributed by atoms with Crippen molar-refractivity contribution in [2.24, 2.45) is 0 Å². The summed E-state index contributed by atoms with van der Waals surface area (Å²) in [6.07, 6.45) is 1.20. The number of nitrogens with one attached hydrogen (secondary N) is 1. The zero-order valence-corrected chi connectivity index (χ0v) is 9.32. The highest BCUT2D eigenvalue weighted by molar-refractivity contribution is 6.42. The Bertz CT molecular complexity index is 354. The highest BCUT2D eigenvalue weighted by Gasteiger charge is 2.18. The van der Waals surface area contributed by atoms with Gasteiger partial charge in [-0.05, 0) is 12.5 Å². The van der Waals surface area contributed by atoms with Crippen LogP contribution < -0.4 is 10.1 Å². The smallest absolute Gasteiger partial charge is 0.144 e.